The Balaban J connectivity index is 1.10. The van der Waals surface area contributed by atoms with Crippen LogP contribution in [0.4, 0.5) is 17.1 Å². The Morgan fingerprint density at radius 3 is 1.52 bits per heavy atom. The average molecular weight is 706 g/mol. The highest BCUT2D eigenvalue weighted by Gasteiger charge is 2.18. The minimum Gasteiger partial charge on any atom is -0.310 e. The molecular weight excluding hydrogens is 671 g/mol. The summed E-state index contributed by atoms with van der Waals surface area (Å²) < 4.78 is 2.59. The zero-order valence-corrected chi connectivity index (χ0v) is 30.4. The Hall–Kier alpha value is -6.74. The standard InChI is InChI=1S/C52H35NS/c1-3-12-36(13-4-1)44-32-45(37-14-5-2-6-15-37)34-48(33-44)53(47-28-29-50-49-20-9-10-21-51(49)54-52(50)35-47)46-26-24-39(25-27-46)41-18-11-19-42(30-41)43-23-22-38-16-7-8-17-40(38)31-43/h1-35H. The van der Waals surface area contributed by atoms with Gasteiger partial charge >= 0.3 is 0 Å². The molecule has 0 bridgehead atoms. The van der Waals surface area contributed by atoms with Gasteiger partial charge in [0.25, 0.3) is 0 Å². The first kappa shape index (κ1) is 32.0. The summed E-state index contributed by atoms with van der Waals surface area (Å²) in [7, 11) is 0. The lowest BCUT2D eigenvalue weighted by Gasteiger charge is -2.27. The molecule has 1 nitrogen and oxygen atoms in total. The van der Waals surface area contributed by atoms with Gasteiger partial charge in [-0.2, -0.15) is 0 Å². The van der Waals surface area contributed by atoms with E-state index in [-0.39, 0.29) is 0 Å². The maximum atomic E-state index is 2.41. The van der Waals surface area contributed by atoms with E-state index in [1.807, 2.05) is 11.3 Å². The van der Waals surface area contributed by atoms with Crippen LogP contribution in [-0.4, -0.2) is 0 Å². The van der Waals surface area contributed by atoms with E-state index in [0.29, 0.717) is 0 Å². The zero-order valence-electron chi connectivity index (χ0n) is 29.6. The smallest absolute Gasteiger partial charge is 0.0476 e. The Morgan fingerprint density at radius 2 is 0.778 bits per heavy atom. The topological polar surface area (TPSA) is 3.24 Å². The lowest BCUT2D eigenvalue weighted by molar-refractivity contribution is 1.29. The van der Waals surface area contributed by atoms with Crippen molar-refractivity contribution < 1.29 is 0 Å². The fourth-order valence-corrected chi connectivity index (χ4v) is 8.82. The lowest BCUT2D eigenvalue weighted by atomic mass is 9.96. The van der Waals surface area contributed by atoms with Crippen molar-refractivity contribution in [2.45, 2.75) is 0 Å². The molecule has 0 aliphatic carbocycles. The van der Waals surface area contributed by atoms with Gasteiger partial charge in [-0.3, -0.25) is 0 Å². The normalized spacial score (nSPS) is 11.3. The number of hydrogen-bond donors (Lipinski definition) is 0. The summed E-state index contributed by atoms with van der Waals surface area (Å²) in [6.07, 6.45) is 0. The Morgan fingerprint density at radius 1 is 0.259 bits per heavy atom. The summed E-state index contributed by atoms with van der Waals surface area (Å²) in [5.41, 5.74) is 12.9. The number of nitrogens with zero attached hydrogens (tertiary/aromatic N) is 1. The van der Waals surface area contributed by atoms with Crippen molar-refractivity contribution in [3.05, 3.63) is 212 Å². The van der Waals surface area contributed by atoms with Gasteiger partial charge in [0, 0.05) is 37.2 Å². The summed E-state index contributed by atoms with van der Waals surface area (Å²) in [4.78, 5) is 2.41. The van der Waals surface area contributed by atoms with Crippen LogP contribution in [-0.2, 0) is 0 Å². The van der Waals surface area contributed by atoms with Crippen molar-refractivity contribution in [1.82, 2.24) is 0 Å². The first-order valence-electron chi connectivity index (χ1n) is 18.4. The van der Waals surface area contributed by atoms with Crippen LogP contribution in [0.15, 0.2) is 212 Å². The van der Waals surface area contributed by atoms with E-state index >= 15 is 0 Å². The highest BCUT2D eigenvalue weighted by Crippen LogP contribution is 2.43. The Kier molecular flexibility index (Phi) is 8.09. The Labute approximate surface area is 319 Å². The molecule has 0 atom stereocenters. The molecule has 10 rings (SSSR count). The molecule has 10 aromatic rings. The van der Waals surface area contributed by atoms with Crippen LogP contribution in [0.5, 0.6) is 0 Å². The molecule has 1 heterocycles. The summed E-state index contributed by atoms with van der Waals surface area (Å²) in [5, 5.41) is 5.12. The quantitative estimate of drug-likeness (QED) is 0.160. The van der Waals surface area contributed by atoms with Gasteiger partial charge in [-0.05, 0) is 116 Å². The number of fused-ring (bicyclic) bond motifs is 4. The van der Waals surface area contributed by atoms with Gasteiger partial charge < -0.3 is 4.90 Å². The van der Waals surface area contributed by atoms with E-state index in [9.17, 15) is 0 Å². The van der Waals surface area contributed by atoms with Gasteiger partial charge in [0.05, 0.1) is 0 Å². The average Bonchev–Trinajstić information content (AvgIpc) is 3.62. The van der Waals surface area contributed by atoms with Crippen LogP contribution in [0.25, 0.3) is 75.5 Å². The minimum atomic E-state index is 1.11. The molecule has 0 aliphatic heterocycles. The van der Waals surface area contributed by atoms with Crippen molar-refractivity contribution in [2.75, 3.05) is 4.90 Å². The molecule has 54 heavy (non-hydrogen) atoms. The maximum absolute atomic E-state index is 2.41. The molecule has 2 heteroatoms. The van der Waals surface area contributed by atoms with Crippen molar-refractivity contribution in [3.8, 4) is 44.5 Å². The molecule has 0 aliphatic rings. The summed E-state index contributed by atoms with van der Waals surface area (Å²) in [6, 6.07) is 77.3. The fourth-order valence-electron chi connectivity index (χ4n) is 7.69. The van der Waals surface area contributed by atoms with E-state index in [1.165, 1.54) is 75.5 Å². The van der Waals surface area contributed by atoms with Crippen LogP contribution in [0, 0.1) is 0 Å². The first-order chi connectivity index (χ1) is 26.7. The Bertz CT molecular complexity index is 2870. The molecule has 254 valence electrons. The van der Waals surface area contributed by atoms with Gasteiger partial charge in [-0.25, -0.2) is 0 Å². The molecule has 1 aromatic heterocycles. The van der Waals surface area contributed by atoms with E-state index < -0.39 is 0 Å². The van der Waals surface area contributed by atoms with E-state index in [1.54, 1.807) is 0 Å². The molecule has 0 radical (unpaired) electrons. The lowest BCUT2D eigenvalue weighted by Crippen LogP contribution is -2.10. The molecule has 0 saturated heterocycles. The number of rotatable bonds is 7. The van der Waals surface area contributed by atoms with Crippen LogP contribution in [0.2, 0.25) is 0 Å². The first-order valence-corrected chi connectivity index (χ1v) is 19.2. The number of anilines is 3. The second-order valence-corrected chi connectivity index (χ2v) is 14.9. The van der Waals surface area contributed by atoms with Crippen molar-refractivity contribution in [2.24, 2.45) is 0 Å². The second kappa shape index (κ2) is 13.7. The maximum Gasteiger partial charge on any atom is 0.0476 e. The van der Waals surface area contributed by atoms with Crippen molar-refractivity contribution in [1.29, 1.82) is 0 Å². The minimum absolute atomic E-state index is 1.11. The third kappa shape index (κ3) is 6.03. The van der Waals surface area contributed by atoms with Gasteiger partial charge in [-0.1, -0.05) is 152 Å². The highest BCUT2D eigenvalue weighted by atomic mass is 32.1. The summed E-state index contributed by atoms with van der Waals surface area (Å²) in [6.45, 7) is 0. The van der Waals surface area contributed by atoms with Gasteiger partial charge in [0.2, 0.25) is 0 Å². The zero-order chi connectivity index (χ0) is 35.8. The molecule has 0 spiro atoms. The largest absolute Gasteiger partial charge is 0.310 e. The van der Waals surface area contributed by atoms with E-state index in [0.717, 1.165) is 17.1 Å². The van der Waals surface area contributed by atoms with Crippen LogP contribution in [0.3, 0.4) is 0 Å². The molecular formula is C52H35NS. The number of hydrogen-bond acceptors (Lipinski definition) is 2. The molecule has 0 unspecified atom stereocenters. The van der Waals surface area contributed by atoms with Crippen molar-refractivity contribution in [3.63, 3.8) is 0 Å². The fraction of sp³-hybridized carbons (Fsp3) is 0. The van der Waals surface area contributed by atoms with Gasteiger partial charge in [0.1, 0.15) is 0 Å². The number of thiophene rings is 1. The van der Waals surface area contributed by atoms with Crippen LogP contribution >= 0.6 is 11.3 Å². The number of benzene rings is 9. The molecule has 9 aromatic carbocycles. The van der Waals surface area contributed by atoms with E-state index in [2.05, 4.69) is 217 Å². The highest BCUT2D eigenvalue weighted by molar-refractivity contribution is 7.25. The molecule has 0 amide bonds. The van der Waals surface area contributed by atoms with Gasteiger partial charge in [-0.15, -0.1) is 11.3 Å². The predicted molar refractivity (Wildman–Crippen MR) is 233 cm³/mol. The summed E-state index contributed by atoms with van der Waals surface area (Å²) in [5.74, 6) is 0. The predicted octanol–water partition coefficient (Wildman–Crippen LogP) is 15.3. The van der Waals surface area contributed by atoms with E-state index in [4.69, 9.17) is 0 Å². The second-order valence-electron chi connectivity index (χ2n) is 13.8. The van der Waals surface area contributed by atoms with Crippen molar-refractivity contribution >= 4 is 59.3 Å². The molecule has 0 saturated carbocycles. The van der Waals surface area contributed by atoms with Crippen LogP contribution < -0.4 is 4.90 Å². The monoisotopic (exact) mass is 705 g/mol. The van der Waals surface area contributed by atoms with Gasteiger partial charge in [0.15, 0.2) is 0 Å². The molecule has 0 fully saturated rings. The molecule has 0 N–H and O–H groups in total. The summed E-state index contributed by atoms with van der Waals surface area (Å²) >= 11 is 1.86. The third-order valence-corrected chi connectivity index (χ3v) is 11.5. The SMILES string of the molecule is c1ccc(-c2cc(-c3ccccc3)cc(N(c3ccc(-c4cccc(-c5ccc6ccccc6c5)c4)cc3)c3ccc4c(c3)sc3ccccc34)c2)cc1. The van der Waals surface area contributed by atoms with Crippen LogP contribution in [0.1, 0.15) is 0 Å². The third-order valence-electron chi connectivity index (χ3n) is 10.4.